The molecule has 0 bridgehead atoms. The number of nitrogens with zero attached hydrogens (tertiary/aromatic N) is 1. The van der Waals surface area contributed by atoms with Crippen molar-refractivity contribution in [3.8, 4) is 0 Å². The molecule has 6 heteroatoms. The molecule has 2 amide bonds. The average Bonchev–Trinajstić information content (AvgIpc) is 3.19. The molecule has 1 N–H and O–H groups in total. The standard InChI is InChI=1S/C17H18N2O3S/c1-2-18-16(21)12-5-7-13(8-6-12)17-19(15(20)11-23-17)10-14-4-3-9-22-14/h3-9,17H,2,10-11H2,1H3,(H,18,21)/t17-/m1/s1. The first-order valence-electron chi connectivity index (χ1n) is 7.50. The second-order valence-electron chi connectivity index (χ2n) is 5.25. The van der Waals surface area contributed by atoms with Crippen LogP contribution < -0.4 is 5.32 Å². The van der Waals surface area contributed by atoms with Gasteiger partial charge in [0.25, 0.3) is 5.91 Å². The van der Waals surface area contributed by atoms with Crippen LogP contribution in [-0.4, -0.2) is 29.0 Å². The van der Waals surface area contributed by atoms with Crippen LogP contribution in [0.4, 0.5) is 0 Å². The molecule has 0 radical (unpaired) electrons. The zero-order valence-electron chi connectivity index (χ0n) is 12.8. The van der Waals surface area contributed by atoms with Gasteiger partial charge in [-0.1, -0.05) is 12.1 Å². The molecule has 0 saturated carbocycles. The van der Waals surface area contributed by atoms with E-state index in [-0.39, 0.29) is 17.2 Å². The van der Waals surface area contributed by atoms with E-state index in [1.807, 2.05) is 36.1 Å². The van der Waals surface area contributed by atoms with E-state index in [1.165, 1.54) is 0 Å². The maximum absolute atomic E-state index is 12.1. The Morgan fingerprint density at radius 2 is 2.13 bits per heavy atom. The monoisotopic (exact) mass is 330 g/mol. The van der Waals surface area contributed by atoms with Crippen LogP contribution in [0.3, 0.4) is 0 Å². The zero-order chi connectivity index (χ0) is 16.2. The Labute approximate surface area is 139 Å². The molecule has 1 atom stereocenters. The molecular weight excluding hydrogens is 312 g/mol. The third-order valence-corrected chi connectivity index (χ3v) is 4.93. The van der Waals surface area contributed by atoms with Gasteiger partial charge in [-0.2, -0.15) is 0 Å². The number of carbonyl (C=O) groups excluding carboxylic acids is 2. The van der Waals surface area contributed by atoms with Crippen molar-refractivity contribution in [3.63, 3.8) is 0 Å². The minimum absolute atomic E-state index is 0.0455. The Kier molecular flexibility index (Phi) is 4.71. The second kappa shape index (κ2) is 6.91. The van der Waals surface area contributed by atoms with E-state index >= 15 is 0 Å². The molecule has 2 aromatic rings. The third kappa shape index (κ3) is 3.42. The summed E-state index contributed by atoms with van der Waals surface area (Å²) in [6.45, 7) is 2.95. The van der Waals surface area contributed by atoms with Gasteiger partial charge < -0.3 is 14.6 Å². The van der Waals surface area contributed by atoms with Gasteiger partial charge in [-0.25, -0.2) is 0 Å². The normalized spacial score (nSPS) is 17.5. The lowest BCUT2D eigenvalue weighted by atomic mass is 10.1. The number of thioether (sulfide) groups is 1. The van der Waals surface area contributed by atoms with E-state index in [2.05, 4.69) is 5.32 Å². The van der Waals surface area contributed by atoms with Crippen LogP contribution in [0.25, 0.3) is 0 Å². The fraction of sp³-hybridized carbons (Fsp3) is 0.294. The van der Waals surface area contributed by atoms with Gasteiger partial charge in [0.15, 0.2) is 0 Å². The predicted octanol–water partition coefficient (Wildman–Crippen LogP) is 2.80. The van der Waals surface area contributed by atoms with Gasteiger partial charge in [-0.05, 0) is 36.8 Å². The van der Waals surface area contributed by atoms with E-state index in [1.54, 1.807) is 30.2 Å². The van der Waals surface area contributed by atoms with Crippen LogP contribution in [0.1, 0.15) is 34.0 Å². The largest absolute Gasteiger partial charge is 0.467 e. The van der Waals surface area contributed by atoms with Crippen molar-refractivity contribution in [2.75, 3.05) is 12.3 Å². The molecule has 23 heavy (non-hydrogen) atoms. The van der Waals surface area contributed by atoms with Crippen LogP contribution in [0.5, 0.6) is 0 Å². The molecule has 1 aliphatic heterocycles. The molecule has 0 aliphatic carbocycles. The summed E-state index contributed by atoms with van der Waals surface area (Å²) in [5.74, 6) is 1.25. The molecule has 1 aromatic carbocycles. The summed E-state index contributed by atoms with van der Waals surface area (Å²) in [4.78, 5) is 25.8. The van der Waals surface area contributed by atoms with Crippen molar-refractivity contribution in [2.24, 2.45) is 0 Å². The highest BCUT2D eigenvalue weighted by atomic mass is 32.2. The van der Waals surface area contributed by atoms with Crippen molar-refractivity contribution in [2.45, 2.75) is 18.8 Å². The summed E-state index contributed by atoms with van der Waals surface area (Å²) in [7, 11) is 0. The average molecular weight is 330 g/mol. The Morgan fingerprint density at radius 1 is 1.35 bits per heavy atom. The molecule has 1 aromatic heterocycles. The number of hydrogen-bond acceptors (Lipinski definition) is 4. The van der Waals surface area contributed by atoms with E-state index < -0.39 is 0 Å². The van der Waals surface area contributed by atoms with Gasteiger partial charge in [0.1, 0.15) is 11.1 Å². The minimum atomic E-state index is -0.0818. The van der Waals surface area contributed by atoms with Crippen molar-refractivity contribution in [1.29, 1.82) is 0 Å². The Morgan fingerprint density at radius 3 is 2.78 bits per heavy atom. The summed E-state index contributed by atoms with van der Waals surface area (Å²) in [6, 6.07) is 11.1. The van der Waals surface area contributed by atoms with E-state index in [4.69, 9.17) is 4.42 Å². The molecule has 120 valence electrons. The second-order valence-corrected chi connectivity index (χ2v) is 6.31. The number of amides is 2. The fourth-order valence-corrected chi connectivity index (χ4v) is 3.72. The number of rotatable bonds is 5. The first-order chi connectivity index (χ1) is 11.2. The topological polar surface area (TPSA) is 62.6 Å². The summed E-state index contributed by atoms with van der Waals surface area (Å²) in [6.07, 6.45) is 1.61. The maximum atomic E-state index is 12.1. The molecule has 1 fully saturated rings. The lowest BCUT2D eigenvalue weighted by Crippen LogP contribution is -2.27. The number of benzene rings is 1. The summed E-state index contributed by atoms with van der Waals surface area (Å²) in [5.41, 5.74) is 1.64. The van der Waals surface area contributed by atoms with Crippen LogP contribution in [-0.2, 0) is 11.3 Å². The molecule has 2 heterocycles. The quantitative estimate of drug-likeness (QED) is 0.916. The Hall–Kier alpha value is -2.21. The van der Waals surface area contributed by atoms with Crippen LogP contribution in [0.15, 0.2) is 47.1 Å². The van der Waals surface area contributed by atoms with Crippen molar-refractivity contribution >= 4 is 23.6 Å². The third-order valence-electron chi connectivity index (χ3n) is 3.67. The van der Waals surface area contributed by atoms with E-state index in [0.29, 0.717) is 24.4 Å². The molecule has 1 aliphatic rings. The van der Waals surface area contributed by atoms with Crippen LogP contribution in [0.2, 0.25) is 0 Å². The molecule has 0 spiro atoms. The van der Waals surface area contributed by atoms with Crippen LogP contribution in [0, 0.1) is 0 Å². The molecule has 0 unspecified atom stereocenters. The van der Waals surface area contributed by atoms with Gasteiger partial charge in [-0.3, -0.25) is 9.59 Å². The Bertz CT molecular complexity index is 682. The minimum Gasteiger partial charge on any atom is -0.467 e. The SMILES string of the molecule is CCNC(=O)c1ccc([C@H]2SCC(=O)N2Cc2ccco2)cc1. The van der Waals surface area contributed by atoms with Crippen LogP contribution >= 0.6 is 11.8 Å². The number of nitrogens with one attached hydrogen (secondary N) is 1. The van der Waals surface area contributed by atoms with Gasteiger partial charge >= 0.3 is 0 Å². The lowest BCUT2D eigenvalue weighted by Gasteiger charge is -2.23. The van der Waals surface area contributed by atoms with Gasteiger partial charge in [0.2, 0.25) is 5.91 Å². The van der Waals surface area contributed by atoms with Crippen molar-refractivity contribution in [1.82, 2.24) is 10.2 Å². The van der Waals surface area contributed by atoms with E-state index in [0.717, 1.165) is 11.3 Å². The molecule has 1 saturated heterocycles. The zero-order valence-corrected chi connectivity index (χ0v) is 13.6. The summed E-state index contributed by atoms with van der Waals surface area (Å²) in [5, 5.41) is 2.73. The maximum Gasteiger partial charge on any atom is 0.251 e. The van der Waals surface area contributed by atoms with Crippen molar-refractivity contribution in [3.05, 3.63) is 59.5 Å². The first-order valence-corrected chi connectivity index (χ1v) is 8.55. The lowest BCUT2D eigenvalue weighted by molar-refractivity contribution is -0.128. The first kappa shape index (κ1) is 15.7. The molecule has 5 nitrogen and oxygen atoms in total. The van der Waals surface area contributed by atoms with Crippen molar-refractivity contribution < 1.29 is 14.0 Å². The number of furan rings is 1. The fourth-order valence-electron chi connectivity index (χ4n) is 2.53. The smallest absolute Gasteiger partial charge is 0.251 e. The molecular formula is C17H18N2O3S. The predicted molar refractivity (Wildman–Crippen MR) is 88.9 cm³/mol. The Balaban J connectivity index is 1.76. The van der Waals surface area contributed by atoms with Gasteiger partial charge in [-0.15, -0.1) is 11.8 Å². The highest BCUT2D eigenvalue weighted by molar-refractivity contribution is 8.00. The van der Waals surface area contributed by atoms with Gasteiger partial charge in [0.05, 0.1) is 18.6 Å². The van der Waals surface area contributed by atoms with Gasteiger partial charge in [0, 0.05) is 12.1 Å². The van der Waals surface area contributed by atoms with E-state index in [9.17, 15) is 9.59 Å². The summed E-state index contributed by atoms with van der Waals surface area (Å²) < 4.78 is 5.35. The highest BCUT2D eigenvalue weighted by Gasteiger charge is 2.33. The summed E-state index contributed by atoms with van der Waals surface area (Å²) >= 11 is 1.59. The number of hydrogen-bond donors (Lipinski definition) is 1. The number of carbonyl (C=O) groups is 2. The highest BCUT2D eigenvalue weighted by Crippen LogP contribution is 2.39. The molecule has 3 rings (SSSR count).